The highest BCUT2D eigenvalue weighted by molar-refractivity contribution is 7.17. The number of nitrogens with one attached hydrogen (secondary N) is 1. The van der Waals surface area contributed by atoms with Gasteiger partial charge in [-0.1, -0.05) is 17.4 Å². The molecule has 0 aliphatic rings. The molecule has 0 bridgehead atoms. The molecule has 0 spiro atoms. The van der Waals surface area contributed by atoms with E-state index in [1.54, 1.807) is 35.9 Å². The van der Waals surface area contributed by atoms with E-state index in [0.29, 0.717) is 11.4 Å². The van der Waals surface area contributed by atoms with Gasteiger partial charge >= 0.3 is 6.09 Å². The minimum atomic E-state index is -0.524. The molecule has 1 N–H and O–H groups in total. The number of anilines is 1. The Morgan fingerprint density at radius 3 is 3.00 bits per heavy atom. The smallest absolute Gasteiger partial charge is 0.412 e. The molecule has 0 saturated carbocycles. The first kappa shape index (κ1) is 15.3. The Hall–Kier alpha value is -2.61. The zero-order valence-corrected chi connectivity index (χ0v) is 13.8. The van der Waals surface area contributed by atoms with E-state index in [4.69, 9.17) is 9.47 Å². The number of aromatic nitrogens is 3. The molecule has 3 rings (SSSR count). The number of amides is 1. The van der Waals surface area contributed by atoms with Crippen molar-refractivity contribution in [1.82, 2.24) is 14.6 Å². The second-order valence-electron chi connectivity index (χ2n) is 4.91. The summed E-state index contributed by atoms with van der Waals surface area (Å²) in [5, 5.41) is 6.82. The highest BCUT2D eigenvalue weighted by Crippen LogP contribution is 2.29. The number of rotatable bonds is 4. The average molecular weight is 332 g/mol. The van der Waals surface area contributed by atoms with Crippen molar-refractivity contribution in [3.8, 4) is 5.75 Å². The molecular weight excluding hydrogens is 316 g/mol. The largest absolute Gasteiger partial charge is 0.497 e. The molecule has 0 fully saturated rings. The van der Waals surface area contributed by atoms with Crippen LogP contribution in [-0.4, -0.2) is 27.8 Å². The number of benzene rings is 1. The van der Waals surface area contributed by atoms with Gasteiger partial charge in [-0.15, -0.1) is 0 Å². The van der Waals surface area contributed by atoms with E-state index in [1.165, 1.54) is 17.7 Å². The van der Waals surface area contributed by atoms with Crippen molar-refractivity contribution in [2.75, 3.05) is 12.4 Å². The fourth-order valence-corrected chi connectivity index (χ4v) is 3.26. The Bertz CT molecular complexity index is 842. The first-order valence-corrected chi connectivity index (χ1v) is 7.81. The lowest BCUT2D eigenvalue weighted by Gasteiger charge is -2.13. The Morgan fingerprint density at radius 2 is 2.26 bits per heavy atom. The number of hydrogen-bond acceptors (Lipinski definition) is 6. The van der Waals surface area contributed by atoms with Gasteiger partial charge in [-0.25, -0.2) is 14.3 Å². The van der Waals surface area contributed by atoms with Crippen LogP contribution in [0.5, 0.6) is 5.75 Å². The van der Waals surface area contributed by atoms with Gasteiger partial charge < -0.3 is 9.47 Å². The third-order valence-corrected chi connectivity index (χ3v) is 4.67. The van der Waals surface area contributed by atoms with Gasteiger partial charge in [-0.05, 0) is 26.0 Å². The summed E-state index contributed by atoms with van der Waals surface area (Å²) in [5.41, 5.74) is 1.53. The second kappa shape index (κ2) is 6.25. The molecule has 1 amide bonds. The molecule has 23 heavy (non-hydrogen) atoms. The number of carbonyl (C=O) groups excluding carboxylic acids is 1. The molecule has 3 aromatic rings. The molecule has 0 aliphatic carbocycles. The summed E-state index contributed by atoms with van der Waals surface area (Å²) in [5.74, 6) is 0.664. The number of nitrogens with zero attached hydrogens (tertiary/aromatic N) is 3. The lowest BCUT2D eigenvalue weighted by atomic mass is 10.3. The third kappa shape index (κ3) is 3.11. The molecule has 1 unspecified atom stereocenters. The Morgan fingerprint density at radius 1 is 1.43 bits per heavy atom. The summed E-state index contributed by atoms with van der Waals surface area (Å²) in [6.07, 6.45) is 0.585. The maximum atomic E-state index is 12.1. The van der Waals surface area contributed by atoms with Crippen molar-refractivity contribution in [1.29, 1.82) is 0 Å². The molecular formula is C15H16N4O3S. The monoisotopic (exact) mass is 332 g/mol. The molecule has 120 valence electrons. The van der Waals surface area contributed by atoms with E-state index >= 15 is 0 Å². The molecule has 1 aromatic carbocycles. The Labute approximate surface area is 136 Å². The molecule has 2 aromatic heterocycles. The van der Waals surface area contributed by atoms with Crippen molar-refractivity contribution in [3.63, 3.8) is 0 Å². The number of carbonyl (C=O) groups is 1. The van der Waals surface area contributed by atoms with Gasteiger partial charge in [0.05, 0.1) is 17.7 Å². The van der Waals surface area contributed by atoms with E-state index in [-0.39, 0.29) is 0 Å². The summed E-state index contributed by atoms with van der Waals surface area (Å²) in [6, 6.07) is 7.09. The third-order valence-electron chi connectivity index (χ3n) is 3.36. The van der Waals surface area contributed by atoms with Crippen LogP contribution in [0.4, 0.5) is 10.5 Å². The van der Waals surface area contributed by atoms with E-state index in [1.807, 2.05) is 13.8 Å². The van der Waals surface area contributed by atoms with Crippen LogP contribution in [0.2, 0.25) is 0 Å². The van der Waals surface area contributed by atoms with Crippen molar-refractivity contribution < 1.29 is 14.3 Å². The first-order valence-electron chi connectivity index (χ1n) is 6.99. The normalized spacial score (nSPS) is 12.1. The van der Waals surface area contributed by atoms with E-state index in [0.717, 1.165) is 15.5 Å². The van der Waals surface area contributed by atoms with Gasteiger partial charge in [-0.2, -0.15) is 5.10 Å². The maximum absolute atomic E-state index is 12.1. The highest BCUT2D eigenvalue weighted by Gasteiger charge is 2.19. The van der Waals surface area contributed by atoms with Crippen LogP contribution in [0.1, 0.15) is 23.6 Å². The number of methoxy groups -OCH3 is 1. The lowest BCUT2D eigenvalue weighted by molar-refractivity contribution is 0.122. The van der Waals surface area contributed by atoms with E-state index in [9.17, 15) is 4.79 Å². The van der Waals surface area contributed by atoms with Crippen molar-refractivity contribution in [2.24, 2.45) is 0 Å². The number of aryl methyl sites for hydroxylation is 1. The zero-order valence-electron chi connectivity index (χ0n) is 12.9. The predicted octanol–water partition coefficient (Wildman–Crippen LogP) is 3.42. The number of ether oxygens (including phenoxy) is 2. The summed E-state index contributed by atoms with van der Waals surface area (Å²) < 4.78 is 12.3. The van der Waals surface area contributed by atoms with Gasteiger partial charge in [0.25, 0.3) is 0 Å². The van der Waals surface area contributed by atoms with Crippen LogP contribution >= 0.6 is 11.3 Å². The highest BCUT2D eigenvalue weighted by atomic mass is 32.1. The maximum Gasteiger partial charge on any atom is 0.412 e. The van der Waals surface area contributed by atoms with Gasteiger partial charge in [-0.3, -0.25) is 5.32 Å². The van der Waals surface area contributed by atoms with Crippen LogP contribution in [0.15, 0.2) is 30.6 Å². The van der Waals surface area contributed by atoms with Crippen LogP contribution in [-0.2, 0) is 4.74 Å². The van der Waals surface area contributed by atoms with Crippen LogP contribution in [0.3, 0.4) is 0 Å². The van der Waals surface area contributed by atoms with Crippen LogP contribution in [0, 0.1) is 6.92 Å². The molecule has 0 saturated heterocycles. The number of thiazole rings is 1. The van der Waals surface area contributed by atoms with Crippen LogP contribution < -0.4 is 10.1 Å². The Balaban J connectivity index is 1.69. The summed E-state index contributed by atoms with van der Waals surface area (Å²) in [4.78, 5) is 17.9. The SMILES string of the molecule is COc1cccc(NC(=O)OC(C)c2sc3ncnn3c2C)c1. The van der Waals surface area contributed by atoms with Gasteiger partial charge in [0.2, 0.25) is 4.96 Å². The summed E-state index contributed by atoms with van der Waals surface area (Å²) in [7, 11) is 1.57. The van der Waals surface area contributed by atoms with Crippen molar-refractivity contribution in [2.45, 2.75) is 20.0 Å². The predicted molar refractivity (Wildman–Crippen MR) is 87.1 cm³/mol. The van der Waals surface area contributed by atoms with Gasteiger partial charge in [0.1, 0.15) is 18.2 Å². The lowest BCUT2D eigenvalue weighted by Crippen LogP contribution is -2.16. The van der Waals surface area contributed by atoms with E-state index in [2.05, 4.69) is 15.4 Å². The molecule has 0 radical (unpaired) electrons. The molecule has 8 heteroatoms. The molecule has 1 atom stereocenters. The second-order valence-corrected chi connectivity index (χ2v) is 5.92. The Kier molecular flexibility index (Phi) is 4.16. The van der Waals surface area contributed by atoms with Crippen LogP contribution in [0.25, 0.3) is 4.96 Å². The minimum Gasteiger partial charge on any atom is -0.497 e. The van der Waals surface area contributed by atoms with Crippen molar-refractivity contribution in [3.05, 3.63) is 41.2 Å². The standard InChI is InChI=1S/C15H16N4O3S/c1-9-13(23-14-16-8-17-19(9)14)10(2)22-15(20)18-11-5-4-6-12(7-11)21-3/h4-8,10H,1-3H3,(H,18,20). The molecule has 2 heterocycles. The average Bonchev–Trinajstić information content (AvgIpc) is 3.10. The fraction of sp³-hybridized carbons (Fsp3) is 0.267. The number of hydrogen-bond donors (Lipinski definition) is 1. The quantitative estimate of drug-likeness (QED) is 0.792. The topological polar surface area (TPSA) is 77.8 Å². The number of fused-ring (bicyclic) bond motifs is 1. The minimum absolute atomic E-state index is 0.394. The summed E-state index contributed by atoms with van der Waals surface area (Å²) in [6.45, 7) is 3.75. The molecule has 0 aliphatic heterocycles. The zero-order chi connectivity index (χ0) is 16.4. The van der Waals surface area contributed by atoms with Gasteiger partial charge in [0.15, 0.2) is 0 Å². The molecule has 7 nitrogen and oxygen atoms in total. The first-order chi connectivity index (χ1) is 11.1. The summed E-state index contributed by atoms with van der Waals surface area (Å²) >= 11 is 1.46. The van der Waals surface area contributed by atoms with Gasteiger partial charge in [0, 0.05) is 11.8 Å². The fourth-order valence-electron chi connectivity index (χ4n) is 2.25. The van der Waals surface area contributed by atoms with E-state index < -0.39 is 12.2 Å². The van der Waals surface area contributed by atoms with Crippen molar-refractivity contribution >= 4 is 28.1 Å².